The molecule has 1 aliphatic rings. The predicted octanol–water partition coefficient (Wildman–Crippen LogP) is 4.84. The molecule has 7 nitrogen and oxygen atoms in total. The highest BCUT2D eigenvalue weighted by Crippen LogP contribution is 2.30. The van der Waals surface area contributed by atoms with Gasteiger partial charge in [-0.3, -0.25) is 4.79 Å². The third kappa shape index (κ3) is 3.74. The van der Waals surface area contributed by atoms with Gasteiger partial charge in [0.15, 0.2) is 5.82 Å². The fourth-order valence-electron chi connectivity index (χ4n) is 4.07. The summed E-state index contributed by atoms with van der Waals surface area (Å²) in [5.41, 5.74) is 3.74. The number of hydrogen-bond donors (Lipinski definition) is 1. The number of rotatable bonds is 4. The Hall–Kier alpha value is -3.74. The van der Waals surface area contributed by atoms with Crippen LogP contribution in [0.5, 0.6) is 0 Å². The zero-order valence-corrected chi connectivity index (χ0v) is 17.3. The summed E-state index contributed by atoms with van der Waals surface area (Å²) in [7, 11) is 0. The Morgan fingerprint density at radius 2 is 1.87 bits per heavy atom. The lowest BCUT2D eigenvalue weighted by Gasteiger charge is -2.29. The van der Waals surface area contributed by atoms with Crippen molar-refractivity contribution in [3.63, 3.8) is 0 Å². The van der Waals surface area contributed by atoms with Gasteiger partial charge in [0.2, 0.25) is 0 Å². The summed E-state index contributed by atoms with van der Waals surface area (Å²) < 4.78 is 5.41. The summed E-state index contributed by atoms with van der Waals surface area (Å²) >= 11 is 0. The second-order valence-electron chi connectivity index (χ2n) is 7.75. The molecule has 0 atom stereocenters. The van der Waals surface area contributed by atoms with Crippen LogP contribution in [-0.4, -0.2) is 34.1 Å². The standard InChI is InChI=1S/C24H23N5O2/c1-16-21-18(15-20(27-24(21)31-28-16)17-9-4-2-5-10-17)23(30)26-19-11-8-12-25-22(19)29-13-6-3-7-14-29/h2,4-5,8-12,15H,3,6-7,13-14H2,1H3,(H,26,30). The number of nitrogens with zero attached hydrogens (tertiary/aromatic N) is 4. The number of piperidine rings is 1. The second-order valence-corrected chi connectivity index (χ2v) is 7.75. The van der Waals surface area contributed by atoms with E-state index in [1.165, 1.54) is 6.42 Å². The molecule has 0 spiro atoms. The maximum Gasteiger partial charge on any atom is 0.259 e. The van der Waals surface area contributed by atoms with Gasteiger partial charge in [0.25, 0.3) is 11.6 Å². The van der Waals surface area contributed by atoms with Gasteiger partial charge >= 0.3 is 0 Å². The van der Waals surface area contributed by atoms with Gasteiger partial charge in [-0.25, -0.2) is 9.97 Å². The van der Waals surface area contributed by atoms with Crippen LogP contribution in [0.25, 0.3) is 22.4 Å². The van der Waals surface area contributed by atoms with E-state index in [4.69, 9.17) is 4.52 Å². The molecule has 4 aromatic rings. The molecule has 0 saturated carbocycles. The Kier molecular flexibility index (Phi) is 5.08. The van der Waals surface area contributed by atoms with Crippen LogP contribution in [0.15, 0.2) is 59.3 Å². The molecule has 0 radical (unpaired) electrons. The average Bonchev–Trinajstić information content (AvgIpc) is 3.20. The number of benzene rings is 1. The van der Waals surface area contributed by atoms with Gasteiger partial charge in [-0.15, -0.1) is 0 Å². The fourth-order valence-corrected chi connectivity index (χ4v) is 4.07. The lowest BCUT2D eigenvalue weighted by Crippen LogP contribution is -2.31. The van der Waals surface area contributed by atoms with Crippen molar-refractivity contribution in [2.24, 2.45) is 0 Å². The molecule has 1 amide bonds. The molecule has 1 fully saturated rings. The second kappa shape index (κ2) is 8.18. The predicted molar refractivity (Wildman–Crippen MR) is 120 cm³/mol. The van der Waals surface area contributed by atoms with Crippen LogP contribution in [-0.2, 0) is 0 Å². The molecular formula is C24H23N5O2. The Morgan fingerprint density at radius 3 is 2.68 bits per heavy atom. The summed E-state index contributed by atoms with van der Waals surface area (Å²) in [5, 5.41) is 7.73. The van der Waals surface area contributed by atoms with E-state index >= 15 is 0 Å². The molecule has 1 N–H and O–H groups in total. The van der Waals surface area contributed by atoms with E-state index < -0.39 is 0 Å². The summed E-state index contributed by atoms with van der Waals surface area (Å²) in [4.78, 5) is 24.8. The minimum Gasteiger partial charge on any atom is -0.355 e. The fraction of sp³-hybridized carbons (Fsp3) is 0.250. The number of hydrogen-bond acceptors (Lipinski definition) is 6. The Labute approximate surface area is 180 Å². The van der Waals surface area contributed by atoms with Gasteiger partial charge in [0.1, 0.15) is 0 Å². The van der Waals surface area contributed by atoms with Crippen LogP contribution in [0, 0.1) is 6.92 Å². The normalized spacial score (nSPS) is 14.0. The highest BCUT2D eigenvalue weighted by atomic mass is 16.5. The van der Waals surface area contributed by atoms with Crippen LogP contribution < -0.4 is 10.2 Å². The minimum absolute atomic E-state index is 0.234. The number of aromatic nitrogens is 3. The zero-order chi connectivity index (χ0) is 21.2. The third-order valence-electron chi connectivity index (χ3n) is 5.62. The maximum atomic E-state index is 13.4. The SMILES string of the molecule is Cc1noc2nc(-c3ccccc3)cc(C(=O)Nc3cccnc3N3CCCCC3)c12. The molecule has 1 aliphatic heterocycles. The Balaban J connectivity index is 1.54. The number of aryl methyl sites for hydroxylation is 1. The first-order valence-electron chi connectivity index (χ1n) is 10.5. The molecule has 31 heavy (non-hydrogen) atoms. The van der Waals surface area contributed by atoms with Crippen LogP contribution in [0.2, 0.25) is 0 Å². The van der Waals surface area contributed by atoms with Crippen molar-refractivity contribution >= 4 is 28.5 Å². The Morgan fingerprint density at radius 1 is 1.06 bits per heavy atom. The van der Waals surface area contributed by atoms with E-state index in [2.05, 4.69) is 25.3 Å². The maximum absolute atomic E-state index is 13.4. The van der Waals surface area contributed by atoms with E-state index in [1.54, 1.807) is 12.3 Å². The average molecular weight is 413 g/mol. The molecule has 0 aliphatic carbocycles. The minimum atomic E-state index is -0.234. The molecular weight excluding hydrogens is 390 g/mol. The molecule has 0 unspecified atom stereocenters. The van der Waals surface area contributed by atoms with Crippen molar-refractivity contribution in [3.8, 4) is 11.3 Å². The first kappa shape index (κ1) is 19.2. The van der Waals surface area contributed by atoms with Gasteiger partial charge < -0.3 is 14.7 Å². The van der Waals surface area contributed by atoms with Gasteiger partial charge in [0.05, 0.1) is 28.0 Å². The van der Waals surface area contributed by atoms with Crippen LogP contribution in [0.1, 0.15) is 35.3 Å². The number of carbonyl (C=O) groups excluding carboxylic acids is 1. The van der Waals surface area contributed by atoms with Gasteiger partial charge in [0, 0.05) is 24.8 Å². The molecule has 3 aromatic heterocycles. The Bertz CT molecular complexity index is 1230. The monoisotopic (exact) mass is 413 g/mol. The largest absolute Gasteiger partial charge is 0.355 e. The summed E-state index contributed by atoms with van der Waals surface area (Å²) in [6, 6.07) is 15.3. The van der Waals surface area contributed by atoms with E-state index in [0.717, 1.165) is 37.3 Å². The van der Waals surface area contributed by atoms with Crippen molar-refractivity contribution in [2.45, 2.75) is 26.2 Å². The highest BCUT2D eigenvalue weighted by Gasteiger charge is 2.22. The zero-order valence-electron chi connectivity index (χ0n) is 17.3. The topological polar surface area (TPSA) is 84.1 Å². The molecule has 1 saturated heterocycles. The quantitative estimate of drug-likeness (QED) is 0.516. The van der Waals surface area contributed by atoms with Crippen molar-refractivity contribution in [1.82, 2.24) is 15.1 Å². The van der Waals surface area contributed by atoms with Gasteiger partial charge in [-0.1, -0.05) is 35.5 Å². The van der Waals surface area contributed by atoms with Crippen molar-refractivity contribution in [3.05, 3.63) is 66.0 Å². The van der Waals surface area contributed by atoms with E-state index in [1.807, 2.05) is 49.4 Å². The molecule has 5 rings (SSSR count). The van der Waals surface area contributed by atoms with E-state index in [0.29, 0.717) is 33.7 Å². The summed E-state index contributed by atoms with van der Waals surface area (Å²) in [6.07, 6.45) is 5.27. The number of fused-ring (bicyclic) bond motifs is 1. The molecule has 1 aromatic carbocycles. The van der Waals surface area contributed by atoms with Crippen molar-refractivity contribution in [2.75, 3.05) is 23.3 Å². The van der Waals surface area contributed by atoms with Crippen LogP contribution >= 0.6 is 0 Å². The smallest absolute Gasteiger partial charge is 0.259 e. The molecule has 156 valence electrons. The van der Waals surface area contributed by atoms with E-state index in [9.17, 15) is 4.79 Å². The summed E-state index contributed by atoms with van der Waals surface area (Å²) in [6.45, 7) is 3.71. The molecule has 4 heterocycles. The van der Waals surface area contributed by atoms with Gasteiger partial charge in [-0.2, -0.15) is 0 Å². The highest BCUT2D eigenvalue weighted by molar-refractivity contribution is 6.13. The number of pyridine rings is 2. The van der Waals surface area contributed by atoms with Gasteiger partial charge in [-0.05, 0) is 44.4 Å². The number of anilines is 2. The molecule has 0 bridgehead atoms. The molecule has 7 heteroatoms. The lowest BCUT2D eigenvalue weighted by atomic mass is 10.0. The van der Waals surface area contributed by atoms with Crippen LogP contribution in [0.3, 0.4) is 0 Å². The first-order valence-corrected chi connectivity index (χ1v) is 10.5. The number of nitrogens with one attached hydrogen (secondary N) is 1. The third-order valence-corrected chi connectivity index (χ3v) is 5.62. The number of amides is 1. The first-order chi connectivity index (χ1) is 15.2. The lowest BCUT2D eigenvalue weighted by molar-refractivity contribution is 0.102. The summed E-state index contributed by atoms with van der Waals surface area (Å²) in [5.74, 6) is 0.577. The van der Waals surface area contributed by atoms with Crippen molar-refractivity contribution in [1.29, 1.82) is 0 Å². The number of carbonyl (C=O) groups is 1. The van der Waals surface area contributed by atoms with E-state index in [-0.39, 0.29) is 5.91 Å². The van der Waals surface area contributed by atoms with Crippen molar-refractivity contribution < 1.29 is 9.32 Å². The van der Waals surface area contributed by atoms with Crippen LogP contribution in [0.4, 0.5) is 11.5 Å².